The average molecular weight is 452 g/mol. The van der Waals surface area contributed by atoms with Gasteiger partial charge in [0, 0.05) is 23.8 Å². The van der Waals surface area contributed by atoms with E-state index in [2.05, 4.69) is 30.7 Å². The molecule has 0 radical (unpaired) electrons. The lowest BCUT2D eigenvalue weighted by Gasteiger charge is -2.11. The summed E-state index contributed by atoms with van der Waals surface area (Å²) in [5, 5.41) is 19.9. The van der Waals surface area contributed by atoms with Gasteiger partial charge in [-0.15, -0.1) is 5.10 Å². The number of pyridine rings is 1. The molecule has 0 spiro atoms. The van der Waals surface area contributed by atoms with Crippen LogP contribution in [0.4, 0.5) is 23.3 Å². The fourth-order valence-electron chi connectivity index (χ4n) is 3.42. The molecule has 168 valence electrons. The van der Waals surface area contributed by atoms with Gasteiger partial charge in [-0.25, -0.2) is 19.5 Å². The third-order valence-electron chi connectivity index (χ3n) is 4.98. The predicted octanol–water partition coefficient (Wildman–Crippen LogP) is 4.00. The molecule has 4 heterocycles. The van der Waals surface area contributed by atoms with Crippen molar-refractivity contribution in [3.63, 3.8) is 0 Å². The number of benzene rings is 1. The minimum Gasteiger partial charge on any atom is -0.481 e. The van der Waals surface area contributed by atoms with Crippen LogP contribution in [-0.4, -0.2) is 40.6 Å². The average Bonchev–Trinajstić information content (AvgIpc) is 3.30. The number of carboxylic acids is 1. The van der Waals surface area contributed by atoms with Crippen LogP contribution < -0.4 is 10.6 Å². The second-order valence-electron chi connectivity index (χ2n) is 7.57. The Morgan fingerprint density at radius 3 is 2.62 bits per heavy atom. The van der Waals surface area contributed by atoms with Gasteiger partial charge in [0.15, 0.2) is 5.82 Å². The van der Waals surface area contributed by atoms with Crippen LogP contribution in [0, 0.1) is 6.92 Å². The Labute approximate surface area is 194 Å². The Morgan fingerprint density at radius 1 is 0.971 bits per heavy atom. The summed E-state index contributed by atoms with van der Waals surface area (Å²) in [5.41, 5.74) is 3.81. The first kappa shape index (κ1) is 21.0. The number of carbonyl (C=O) groups is 1. The van der Waals surface area contributed by atoms with Gasteiger partial charge in [-0.05, 0) is 55.0 Å². The molecule has 10 heteroatoms. The summed E-state index contributed by atoms with van der Waals surface area (Å²) in [6.07, 6.45) is 3.46. The van der Waals surface area contributed by atoms with Gasteiger partial charge in [0.05, 0.1) is 6.42 Å². The van der Waals surface area contributed by atoms with Crippen LogP contribution in [0.1, 0.15) is 11.3 Å². The molecule has 0 fully saturated rings. The monoisotopic (exact) mass is 452 g/mol. The van der Waals surface area contributed by atoms with Crippen molar-refractivity contribution < 1.29 is 9.90 Å². The second kappa shape index (κ2) is 8.94. The van der Waals surface area contributed by atoms with Crippen LogP contribution >= 0.6 is 0 Å². The summed E-state index contributed by atoms with van der Waals surface area (Å²) in [4.78, 5) is 28.9. The Hall–Kier alpha value is -4.86. The van der Waals surface area contributed by atoms with Crippen molar-refractivity contribution in [3.8, 4) is 11.5 Å². The van der Waals surface area contributed by atoms with Crippen molar-refractivity contribution in [1.82, 2.24) is 29.5 Å². The number of nitrogens with zero attached hydrogens (tertiary/aromatic N) is 6. The molecule has 3 N–H and O–H groups in total. The fourth-order valence-corrected chi connectivity index (χ4v) is 3.42. The second-order valence-corrected chi connectivity index (χ2v) is 7.57. The summed E-state index contributed by atoms with van der Waals surface area (Å²) in [7, 11) is 0. The van der Waals surface area contributed by atoms with E-state index in [-0.39, 0.29) is 6.42 Å². The van der Waals surface area contributed by atoms with Crippen LogP contribution in [-0.2, 0) is 11.2 Å². The van der Waals surface area contributed by atoms with E-state index in [0.717, 1.165) is 16.9 Å². The van der Waals surface area contributed by atoms with Gasteiger partial charge in [0.1, 0.15) is 17.0 Å². The lowest BCUT2D eigenvalue weighted by atomic mass is 10.1. The molecule has 34 heavy (non-hydrogen) atoms. The van der Waals surface area contributed by atoms with Crippen LogP contribution in [0.2, 0.25) is 0 Å². The smallest absolute Gasteiger partial charge is 0.307 e. The molecule has 0 aliphatic rings. The minimum atomic E-state index is -0.869. The largest absolute Gasteiger partial charge is 0.481 e. The van der Waals surface area contributed by atoms with E-state index in [1.807, 2.05) is 43.5 Å². The van der Waals surface area contributed by atoms with E-state index >= 15 is 0 Å². The molecule has 0 aliphatic heterocycles. The maximum absolute atomic E-state index is 10.9. The molecular formula is C24H20N8O2. The highest BCUT2D eigenvalue weighted by Crippen LogP contribution is 2.23. The summed E-state index contributed by atoms with van der Waals surface area (Å²) < 4.78 is 1.74. The number of rotatable bonds is 7. The summed E-state index contributed by atoms with van der Waals surface area (Å²) in [6.45, 7) is 1.92. The number of hydrogen-bond donors (Lipinski definition) is 3. The molecule has 0 unspecified atom stereocenters. The van der Waals surface area contributed by atoms with E-state index < -0.39 is 5.97 Å². The molecule has 0 atom stereocenters. The third kappa shape index (κ3) is 4.65. The first-order valence-corrected chi connectivity index (χ1v) is 10.5. The number of aromatic nitrogens is 6. The highest BCUT2D eigenvalue weighted by molar-refractivity contribution is 5.74. The van der Waals surface area contributed by atoms with Gasteiger partial charge in [-0.2, -0.15) is 4.98 Å². The molecule has 0 amide bonds. The molecule has 5 aromatic rings. The van der Waals surface area contributed by atoms with Crippen LogP contribution in [0.3, 0.4) is 0 Å². The van der Waals surface area contributed by atoms with E-state index in [1.165, 1.54) is 0 Å². The minimum absolute atomic E-state index is 0.0244. The maximum Gasteiger partial charge on any atom is 0.307 e. The van der Waals surface area contributed by atoms with Crippen LogP contribution in [0.25, 0.3) is 17.0 Å². The van der Waals surface area contributed by atoms with E-state index in [4.69, 9.17) is 10.1 Å². The van der Waals surface area contributed by atoms with Crippen molar-refractivity contribution in [1.29, 1.82) is 0 Å². The van der Waals surface area contributed by atoms with E-state index in [0.29, 0.717) is 34.7 Å². The highest BCUT2D eigenvalue weighted by atomic mass is 16.4. The summed E-state index contributed by atoms with van der Waals surface area (Å²) in [6, 6.07) is 18.3. The lowest BCUT2D eigenvalue weighted by Crippen LogP contribution is -2.06. The molecule has 0 aliphatic carbocycles. The van der Waals surface area contributed by atoms with Gasteiger partial charge in [-0.1, -0.05) is 18.2 Å². The first-order chi connectivity index (χ1) is 16.5. The SMILES string of the molecule is Cc1cccc(-c2nc(Nc3ccnc(Nc4ccc(CC(=O)O)cc4)n3)c3cccn3n2)n1. The topological polar surface area (TPSA) is 130 Å². The Balaban J connectivity index is 1.40. The van der Waals surface area contributed by atoms with Crippen LogP contribution in [0.15, 0.2) is 73.1 Å². The zero-order valence-electron chi connectivity index (χ0n) is 18.2. The number of hydrogen-bond acceptors (Lipinski definition) is 8. The predicted molar refractivity (Wildman–Crippen MR) is 127 cm³/mol. The standard InChI is InChI=1S/C24H20N8O2/c1-15-4-2-5-18(26-15)22-30-23(19-6-3-13-32(19)31-22)28-20-11-12-25-24(29-20)27-17-9-7-16(8-10-17)14-21(33)34/h2-13H,14H2,1H3,(H,33,34)(H2,25,27,28,29,30,31). The van der Waals surface area contributed by atoms with Crippen LogP contribution in [0.5, 0.6) is 0 Å². The first-order valence-electron chi connectivity index (χ1n) is 10.5. The molecule has 4 aromatic heterocycles. The Kier molecular flexibility index (Phi) is 5.53. The Bertz CT molecular complexity index is 1480. The fraction of sp³-hybridized carbons (Fsp3) is 0.0833. The van der Waals surface area contributed by atoms with E-state index in [9.17, 15) is 4.79 Å². The van der Waals surface area contributed by atoms with Gasteiger partial charge in [0.2, 0.25) is 11.8 Å². The molecule has 10 nitrogen and oxygen atoms in total. The molecular weight excluding hydrogens is 432 g/mol. The molecule has 5 rings (SSSR count). The van der Waals surface area contributed by atoms with Gasteiger partial charge in [-0.3, -0.25) is 4.79 Å². The zero-order valence-corrected chi connectivity index (χ0v) is 18.2. The van der Waals surface area contributed by atoms with Crippen molar-refractivity contribution in [2.24, 2.45) is 0 Å². The number of aliphatic carboxylic acids is 1. The number of anilines is 4. The van der Waals surface area contributed by atoms with E-state index in [1.54, 1.807) is 41.0 Å². The lowest BCUT2D eigenvalue weighted by molar-refractivity contribution is -0.136. The van der Waals surface area contributed by atoms with Gasteiger partial charge >= 0.3 is 5.97 Å². The number of aryl methyl sites for hydroxylation is 1. The van der Waals surface area contributed by atoms with Gasteiger partial charge < -0.3 is 15.7 Å². The number of carboxylic acid groups (broad SMARTS) is 1. The quantitative estimate of drug-likeness (QED) is 0.335. The van der Waals surface area contributed by atoms with Crippen molar-refractivity contribution in [2.75, 3.05) is 10.6 Å². The molecule has 1 aromatic carbocycles. The van der Waals surface area contributed by atoms with Crippen molar-refractivity contribution in [2.45, 2.75) is 13.3 Å². The molecule has 0 bridgehead atoms. The number of fused-ring (bicyclic) bond motifs is 1. The zero-order chi connectivity index (χ0) is 23.5. The normalized spacial score (nSPS) is 10.9. The van der Waals surface area contributed by atoms with Crippen molar-refractivity contribution >= 4 is 34.8 Å². The maximum atomic E-state index is 10.9. The highest BCUT2D eigenvalue weighted by Gasteiger charge is 2.12. The number of nitrogens with one attached hydrogen (secondary N) is 2. The molecule has 0 saturated heterocycles. The summed E-state index contributed by atoms with van der Waals surface area (Å²) in [5.74, 6) is 1.14. The van der Waals surface area contributed by atoms with Gasteiger partial charge in [0.25, 0.3) is 0 Å². The summed E-state index contributed by atoms with van der Waals surface area (Å²) >= 11 is 0. The Morgan fingerprint density at radius 2 is 1.82 bits per heavy atom. The van der Waals surface area contributed by atoms with Crippen molar-refractivity contribution in [3.05, 3.63) is 84.3 Å². The molecule has 0 saturated carbocycles. The third-order valence-corrected chi connectivity index (χ3v) is 4.98.